The van der Waals surface area contributed by atoms with Gasteiger partial charge >= 0.3 is 5.97 Å². The molecule has 1 aromatic rings. The Kier molecular flexibility index (Phi) is 5.98. The summed E-state index contributed by atoms with van der Waals surface area (Å²) in [5.41, 5.74) is 1.96. The highest BCUT2D eigenvalue weighted by atomic mass is 16.7. The van der Waals surface area contributed by atoms with Gasteiger partial charge < -0.3 is 24.1 Å². The third-order valence-corrected chi connectivity index (χ3v) is 8.58. The van der Waals surface area contributed by atoms with Crippen LogP contribution >= 0.6 is 0 Å². The summed E-state index contributed by atoms with van der Waals surface area (Å²) in [5.74, 6) is -0.137. The summed E-state index contributed by atoms with van der Waals surface area (Å²) < 4.78 is 24.2. The molecule has 0 aromatic heterocycles. The van der Waals surface area contributed by atoms with Crippen LogP contribution in [-0.2, 0) is 23.7 Å². The Hall–Kier alpha value is -1.99. The topological polar surface area (TPSA) is 74.2 Å². The Balaban J connectivity index is 1.41. The van der Waals surface area contributed by atoms with Crippen LogP contribution < -0.4 is 0 Å². The van der Waals surface area contributed by atoms with E-state index in [1.165, 1.54) is 0 Å². The van der Waals surface area contributed by atoms with Gasteiger partial charge in [0.15, 0.2) is 6.29 Å². The van der Waals surface area contributed by atoms with Gasteiger partial charge in [0.05, 0.1) is 23.9 Å². The standard InChI is InChI=1S/C27H34O6/c1-17-9-12-22-26(2)16-32-25(18-7-5-4-6-8-18)33-23(26)13-14-27(22,30-3)20(17)11-10-19-21(28)15-31-24(19)29/h4-8,10,20-23,25,28H,1,9,11-16H2,2-3H3/b19-10+/t20?,21-,22?,23-,25+,26+,27+/m1/s1. The Morgan fingerprint density at radius 1 is 1.27 bits per heavy atom. The number of cyclic esters (lactones) is 1. The van der Waals surface area contributed by atoms with E-state index in [0.717, 1.165) is 36.8 Å². The number of ether oxygens (including phenoxy) is 4. The third-order valence-electron chi connectivity index (χ3n) is 8.58. The number of carbonyl (C=O) groups excluding carboxylic acids is 1. The predicted octanol–water partition coefficient (Wildman–Crippen LogP) is 4.10. The minimum absolute atomic E-state index is 0.0331. The van der Waals surface area contributed by atoms with Gasteiger partial charge in [0, 0.05) is 24.0 Å². The van der Waals surface area contributed by atoms with Gasteiger partial charge in [0.25, 0.3) is 0 Å². The minimum Gasteiger partial charge on any atom is -0.459 e. The van der Waals surface area contributed by atoms with Gasteiger partial charge in [-0.2, -0.15) is 0 Å². The predicted molar refractivity (Wildman–Crippen MR) is 122 cm³/mol. The summed E-state index contributed by atoms with van der Waals surface area (Å²) >= 11 is 0. The fourth-order valence-electron chi connectivity index (χ4n) is 6.81. The quantitative estimate of drug-likeness (QED) is 0.419. The second-order valence-electron chi connectivity index (χ2n) is 10.2. The molecule has 33 heavy (non-hydrogen) atoms. The molecule has 4 fully saturated rings. The summed E-state index contributed by atoms with van der Waals surface area (Å²) in [7, 11) is 1.80. The van der Waals surface area contributed by atoms with Crippen LogP contribution in [0.5, 0.6) is 0 Å². The zero-order valence-corrected chi connectivity index (χ0v) is 19.5. The van der Waals surface area contributed by atoms with Gasteiger partial charge in [-0.05, 0) is 38.0 Å². The number of fused-ring (bicyclic) bond motifs is 3. The highest BCUT2D eigenvalue weighted by Crippen LogP contribution is 2.61. The molecule has 1 aromatic carbocycles. The van der Waals surface area contributed by atoms with Crippen molar-refractivity contribution in [1.29, 1.82) is 0 Å². The zero-order valence-electron chi connectivity index (χ0n) is 19.5. The molecule has 5 rings (SSSR count). The fourth-order valence-corrected chi connectivity index (χ4v) is 6.81. The van der Waals surface area contributed by atoms with Gasteiger partial charge in [0.1, 0.15) is 12.7 Å². The number of aliphatic hydroxyl groups excluding tert-OH is 1. The molecule has 6 nitrogen and oxygen atoms in total. The van der Waals surface area contributed by atoms with Crippen molar-refractivity contribution in [1.82, 2.24) is 0 Å². The zero-order chi connectivity index (χ0) is 23.2. The second kappa shape index (κ2) is 8.66. The Bertz CT molecular complexity index is 941. The van der Waals surface area contributed by atoms with E-state index >= 15 is 0 Å². The van der Waals surface area contributed by atoms with E-state index in [9.17, 15) is 9.90 Å². The van der Waals surface area contributed by atoms with E-state index in [1.807, 2.05) is 36.4 Å². The highest BCUT2D eigenvalue weighted by molar-refractivity contribution is 5.91. The molecule has 7 atom stereocenters. The van der Waals surface area contributed by atoms with E-state index in [1.54, 1.807) is 7.11 Å². The molecule has 2 unspecified atom stereocenters. The molecule has 2 heterocycles. The van der Waals surface area contributed by atoms with Crippen LogP contribution in [0.2, 0.25) is 0 Å². The number of allylic oxidation sites excluding steroid dienone is 1. The van der Waals surface area contributed by atoms with E-state index < -0.39 is 17.7 Å². The van der Waals surface area contributed by atoms with Crippen LogP contribution in [0.4, 0.5) is 0 Å². The molecule has 0 bridgehead atoms. The first-order valence-electron chi connectivity index (χ1n) is 12.0. The number of methoxy groups -OCH3 is 1. The number of hydrogen-bond donors (Lipinski definition) is 1. The molecule has 0 radical (unpaired) electrons. The first-order valence-corrected chi connectivity index (χ1v) is 12.0. The highest BCUT2D eigenvalue weighted by Gasteiger charge is 2.62. The van der Waals surface area contributed by atoms with Gasteiger partial charge in [-0.3, -0.25) is 0 Å². The van der Waals surface area contributed by atoms with Crippen molar-refractivity contribution in [3.8, 4) is 0 Å². The van der Waals surface area contributed by atoms with Crippen LogP contribution in [0.15, 0.2) is 54.1 Å². The molecule has 4 aliphatic rings. The van der Waals surface area contributed by atoms with Crippen molar-refractivity contribution in [2.24, 2.45) is 17.3 Å². The van der Waals surface area contributed by atoms with Crippen molar-refractivity contribution in [2.45, 2.75) is 63.1 Å². The summed E-state index contributed by atoms with van der Waals surface area (Å²) in [6, 6.07) is 10.1. The molecule has 2 saturated carbocycles. The van der Waals surface area contributed by atoms with Crippen molar-refractivity contribution >= 4 is 5.97 Å². The first kappa shape index (κ1) is 22.8. The van der Waals surface area contributed by atoms with Crippen molar-refractivity contribution < 1.29 is 28.8 Å². The lowest BCUT2D eigenvalue weighted by atomic mass is 9.50. The van der Waals surface area contributed by atoms with Crippen LogP contribution in [0.3, 0.4) is 0 Å². The van der Waals surface area contributed by atoms with Crippen molar-refractivity contribution in [2.75, 3.05) is 20.3 Å². The van der Waals surface area contributed by atoms with Crippen molar-refractivity contribution in [3.63, 3.8) is 0 Å². The molecular weight excluding hydrogens is 420 g/mol. The van der Waals surface area contributed by atoms with E-state index in [4.69, 9.17) is 18.9 Å². The normalized spacial score (nSPS) is 42.0. The Labute approximate surface area is 195 Å². The molecular formula is C27H34O6. The maximum absolute atomic E-state index is 12.0. The second-order valence-corrected chi connectivity index (χ2v) is 10.2. The Morgan fingerprint density at radius 2 is 2.06 bits per heavy atom. The Morgan fingerprint density at radius 3 is 2.76 bits per heavy atom. The summed E-state index contributed by atoms with van der Waals surface area (Å²) in [6.45, 7) is 7.31. The van der Waals surface area contributed by atoms with Gasteiger partial charge in [-0.25, -0.2) is 4.79 Å². The van der Waals surface area contributed by atoms with Gasteiger partial charge in [-0.15, -0.1) is 0 Å². The summed E-state index contributed by atoms with van der Waals surface area (Å²) in [4.78, 5) is 12.0. The first-order chi connectivity index (χ1) is 15.9. The molecule has 1 N–H and O–H groups in total. The van der Waals surface area contributed by atoms with Gasteiger partial charge in [0.2, 0.25) is 0 Å². The summed E-state index contributed by atoms with van der Waals surface area (Å²) in [5, 5.41) is 10.1. The average Bonchev–Trinajstić information content (AvgIpc) is 3.15. The fraction of sp³-hybridized carbons (Fsp3) is 0.593. The number of benzene rings is 1. The number of rotatable bonds is 4. The molecule has 6 heteroatoms. The van der Waals surface area contributed by atoms with Crippen molar-refractivity contribution in [3.05, 3.63) is 59.7 Å². The van der Waals surface area contributed by atoms with E-state index in [-0.39, 0.29) is 36.3 Å². The smallest absolute Gasteiger partial charge is 0.336 e. The lowest BCUT2D eigenvalue weighted by molar-refractivity contribution is -0.319. The molecule has 0 spiro atoms. The molecule has 178 valence electrons. The largest absolute Gasteiger partial charge is 0.459 e. The molecule has 2 saturated heterocycles. The molecule has 2 aliphatic heterocycles. The minimum atomic E-state index is -0.855. The average molecular weight is 455 g/mol. The lowest BCUT2D eigenvalue weighted by Gasteiger charge is -2.62. The molecule has 2 aliphatic carbocycles. The maximum Gasteiger partial charge on any atom is 0.336 e. The lowest BCUT2D eigenvalue weighted by Crippen LogP contribution is -2.65. The van der Waals surface area contributed by atoms with E-state index in [0.29, 0.717) is 18.6 Å². The number of carbonyl (C=O) groups is 1. The monoisotopic (exact) mass is 454 g/mol. The van der Waals surface area contributed by atoms with Gasteiger partial charge in [-0.1, -0.05) is 55.5 Å². The number of hydrogen-bond acceptors (Lipinski definition) is 6. The van der Waals surface area contributed by atoms with Crippen LogP contribution in [-0.4, -0.2) is 49.2 Å². The SMILES string of the molecule is C=C1CCC2[C@](OC)(CC[C@H]3O[C@@H](c4ccccc4)OC[C@@]23C)C1C/C=C1/C(=O)OC[C@H]1O. The third kappa shape index (κ3) is 3.68. The number of aliphatic hydroxyl groups is 1. The van der Waals surface area contributed by atoms with Crippen LogP contribution in [0.25, 0.3) is 0 Å². The maximum atomic E-state index is 12.0. The number of esters is 1. The summed E-state index contributed by atoms with van der Waals surface area (Å²) in [6.07, 6.45) is 4.93. The van der Waals surface area contributed by atoms with Crippen LogP contribution in [0.1, 0.15) is 50.9 Å². The van der Waals surface area contributed by atoms with E-state index in [2.05, 4.69) is 13.5 Å². The van der Waals surface area contributed by atoms with Crippen LogP contribution in [0, 0.1) is 17.3 Å². The molecule has 0 amide bonds.